The molecule has 0 saturated carbocycles. The van der Waals surface area contributed by atoms with Crippen LogP contribution in [0.3, 0.4) is 0 Å². The molecule has 0 aliphatic heterocycles. The summed E-state index contributed by atoms with van der Waals surface area (Å²) in [6, 6.07) is 20.6. The highest BCUT2D eigenvalue weighted by Gasteiger charge is 2.21. The third-order valence-corrected chi connectivity index (χ3v) is 5.75. The lowest BCUT2D eigenvalue weighted by atomic mass is 10.00. The Morgan fingerprint density at radius 1 is 0.971 bits per heavy atom. The molecule has 5 rings (SSSR count). The van der Waals surface area contributed by atoms with Crippen molar-refractivity contribution in [3.05, 3.63) is 104 Å². The van der Waals surface area contributed by atoms with Crippen molar-refractivity contribution in [3.8, 4) is 28.5 Å². The van der Waals surface area contributed by atoms with Crippen LogP contribution in [0.5, 0.6) is 5.75 Å². The van der Waals surface area contributed by atoms with Crippen LogP contribution in [-0.4, -0.2) is 10.1 Å². The van der Waals surface area contributed by atoms with E-state index in [2.05, 4.69) is 14.7 Å². The minimum Gasteiger partial charge on any atom is -0.485 e. The molecule has 7 nitrogen and oxygen atoms in total. The predicted octanol–water partition coefficient (Wildman–Crippen LogP) is 5.56. The number of para-hydroxylation sites is 1. The van der Waals surface area contributed by atoms with E-state index in [1.807, 2.05) is 68.4 Å². The molecule has 0 aliphatic carbocycles. The van der Waals surface area contributed by atoms with E-state index in [1.165, 1.54) is 0 Å². The highest BCUT2D eigenvalue weighted by Crippen LogP contribution is 2.35. The first-order valence-corrected chi connectivity index (χ1v) is 10.9. The molecule has 0 unspecified atom stereocenters. The minimum atomic E-state index is -0.645. The number of rotatable bonds is 5. The maximum absolute atomic E-state index is 13.3. The Balaban J connectivity index is 1.64. The van der Waals surface area contributed by atoms with Crippen LogP contribution >= 0.6 is 0 Å². The van der Waals surface area contributed by atoms with Gasteiger partial charge in [-0.3, -0.25) is 14.3 Å². The topological polar surface area (TPSA) is 98.3 Å². The van der Waals surface area contributed by atoms with Crippen LogP contribution in [0.1, 0.15) is 29.7 Å². The van der Waals surface area contributed by atoms with Gasteiger partial charge in [0.2, 0.25) is 0 Å². The molecule has 2 aromatic heterocycles. The van der Waals surface area contributed by atoms with Crippen molar-refractivity contribution in [2.24, 2.45) is 0 Å². The van der Waals surface area contributed by atoms with Gasteiger partial charge in [0.05, 0.1) is 10.9 Å². The molecule has 170 valence electrons. The first-order chi connectivity index (χ1) is 16.4. The summed E-state index contributed by atoms with van der Waals surface area (Å²) in [5.41, 5.74) is 4.06. The van der Waals surface area contributed by atoms with E-state index in [9.17, 15) is 9.59 Å². The van der Waals surface area contributed by atoms with Gasteiger partial charge >= 0.3 is 5.76 Å². The van der Waals surface area contributed by atoms with E-state index in [-0.39, 0.29) is 11.3 Å². The second-order valence-electron chi connectivity index (χ2n) is 8.18. The summed E-state index contributed by atoms with van der Waals surface area (Å²) in [4.78, 5) is 27.3. The lowest BCUT2D eigenvalue weighted by Crippen LogP contribution is -2.11. The lowest BCUT2D eigenvalue weighted by Gasteiger charge is -2.19. The monoisotopic (exact) mass is 454 g/mol. The molecule has 0 bridgehead atoms. The van der Waals surface area contributed by atoms with Crippen LogP contribution in [0.15, 0.2) is 85.3 Å². The van der Waals surface area contributed by atoms with Gasteiger partial charge in [-0.15, -0.1) is 0 Å². The zero-order valence-corrected chi connectivity index (χ0v) is 18.9. The molecule has 3 aromatic carbocycles. The van der Waals surface area contributed by atoms with Gasteiger partial charge in [0.1, 0.15) is 23.2 Å². The fraction of sp³-hybridized carbons (Fsp3) is 0.148. The smallest absolute Gasteiger partial charge is 0.439 e. The van der Waals surface area contributed by atoms with Crippen LogP contribution in [0.25, 0.3) is 33.7 Å². The van der Waals surface area contributed by atoms with Gasteiger partial charge < -0.3 is 9.15 Å². The third-order valence-electron chi connectivity index (χ3n) is 5.75. The van der Waals surface area contributed by atoms with Gasteiger partial charge in [-0.2, -0.15) is 0 Å². The number of hydrogen-bond donors (Lipinski definition) is 1. The van der Waals surface area contributed by atoms with Crippen molar-refractivity contribution in [2.45, 2.75) is 26.9 Å². The summed E-state index contributed by atoms with van der Waals surface area (Å²) >= 11 is 0. The fourth-order valence-corrected chi connectivity index (χ4v) is 4.10. The summed E-state index contributed by atoms with van der Waals surface area (Å²) < 4.78 is 17.3. The van der Waals surface area contributed by atoms with Crippen molar-refractivity contribution in [2.75, 3.05) is 0 Å². The summed E-state index contributed by atoms with van der Waals surface area (Å²) in [5, 5.41) is 4.29. The number of H-pyrrole nitrogens is 1. The van der Waals surface area contributed by atoms with Gasteiger partial charge in [-0.25, -0.2) is 4.79 Å². The number of nitrogens with zero attached hydrogens (tertiary/aromatic N) is 1. The summed E-state index contributed by atoms with van der Waals surface area (Å²) in [6.45, 7) is 5.60. The normalized spacial score (nSPS) is 12.1. The number of aryl methyl sites for hydroxylation is 1. The quantitative estimate of drug-likeness (QED) is 0.373. The molecule has 1 N–H and O–H groups in total. The maximum atomic E-state index is 13.3. The highest BCUT2D eigenvalue weighted by molar-refractivity contribution is 5.84. The van der Waals surface area contributed by atoms with Crippen LogP contribution < -0.4 is 15.9 Å². The van der Waals surface area contributed by atoms with Gasteiger partial charge in [0.15, 0.2) is 11.3 Å². The molecular weight excluding hydrogens is 432 g/mol. The molecule has 5 aromatic rings. The van der Waals surface area contributed by atoms with Gasteiger partial charge in [-0.1, -0.05) is 47.6 Å². The van der Waals surface area contributed by atoms with Crippen molar-refractivity contribution in [3.63, 3.8) is 0 Å². The number of fused-ring (bicyclic) bond motifs is 1. The minimum absolute atomic E-state index is 0.0715. The SMILES string of the molecule is Cc1cc([C@@H](C)Oc2ccccc2-c2noc(=O)[nH]2)c2oc(-c3ccccc3)c(C)c(=O)c2c1. The van der Waals surface area contributed by atoms with Crippen molar-refractivity contribution in [1.82, 2.24) is 10.1 Å². The summed E-state index contributed by atoms with van der Waals surface area (Å²) in [7, 11) is 0. The molecule has 0 amide bonds. The number of hydrogen-bond acceptors (Lipinski definition) is 6. The van der Waals surface area contributed by atoms with E-state index in [0.717, 1.165) is 16.7 Å². The van der Waals surface area contributed by atoms with E-state index in [1.54, 1.807) is 19.1 Å². The molecule has 0 spiro atoms. The number of nitrogens with one attached hydrogen (secondary N) is 1. The molecule has 2 heterocycles. The maximum Gasteiger partial charge on any atom is 0.439 e. The zero-order chi connectivity index (χ0) is 23.8. The molecule has 34 heavy (non-hydrogen) atoms. The second kappa shape index (κ2) is 8.51. The molecule has 0 saturated heterocycles. The second-order valence-corrected chi connectivity index (χ2v) is 8.18. The molecular formula is C27H22N2O5. The van der Waals surface area contributed by atoms with Crippen molar-refractivity contribution < 1.29 is 13.7 Å². The Labute approximate surface area is 194 Å². The Morgan fingerprint density at radius 2 is 1.71 bits per heavy atom. The Hall–Kier alpha value is -4.39. The predicted molar refractivity (Wildman–Crippen MR) is 129 cm³/mol. The molecule has 0 aliphatic rings. The first kappa shape index (κ1) is 21.5. The van der Waals surface area contributed by atoms with E-state index in [4.69, 9.17) is 9.15 Å². The van der Waals surface area contributed by atoms with E-state index < -0.39 is 11.9 Å². The van der Waals surface area contributed by atoms with E-state index >= 15 is 0 Å². The Morgan fingerprint density at radius 3 is 2.44 bits per heavy atom. The number of aromatic nitrogens is 2. The van der Waals surface area contributed by atoms with Crippen LogP contribution in [0, 0.1) is 13.8 Å². The summed E-state index contributed by atoms with van der Waals surface area (Å²) in [5.74, 6) is 0.673. The third kappa shape index (κ3) is 3.81. The molecule has 0 radical (unpaired) electrons. The highest BCUT2D eigenvalue weighted by atomic mass is 16.5. The zero-order valence-electron chi connectivity index (χ0n) is 18.9. The summed E-state index contributed by atoms with van der Waals surface area (Å²) in [6.07, 6.45) is -0.475. The van der Waals surface area contributed by atoms with Gasteiger partial charge in [0.25, 0.3) is 0 Å². The molecule has 1 atom stereocenters. The molecule has 0 fully saturated rings. The van der Waals surface area contributed by atoms with Crippen LogP contribution in [0.4, 0.5) is 0 Å². The Bertz CT molecular complexity index is 1610. The van der Waals surface area contributed by atoms with Crippen LogP contribution in [0.2, 0.25) is 0 Å². The number of benzene rings is 3. The van der Waals surface area contributed by atoms with Crippen molar-refractivity contribution in [1.29, 1.82) is 0 Å². The lowest BCUT2D eigenvalue weighted by molar-refractivity contribution is 0.228. The largest absolute Gasteiger partial charge is 0.485 e. The Kier molecular flexibility index (Phi) is 5.37. The standard InChI is InChI=1S/C27H22N2O5/c1-15-13-20(17(3)32-22-12-8-7-11-19(22)26-28-27(31)34-29-26)25-21(14-15)23(30)16(2)24(33-25)18-9-5-4-6-10-18/h4-14,17H,1-3H3,(H,28,29,31)/t17-/m1/s1. The molecule has 7 heteroatoms. The average Bonchev–Trinajstić information content (AvgIpc) is 3.28. The van der Waals surface area contributed by atoms with Gasteiger partial charge in [-0.05, 0) is 50.6 Å². The number of ether oxygens (including phenoxy) is 1. The van der Waals surface area contributed by atoms with E-state index in [0.29, 0.717) is 33.6 Å². The fourth-order valence-electron chi connectivity index (χ4n) is 4.10. The van der Waals surface area contributed by atoms with Gasteiger partial charge in [0, 0.05) is 16.7 Å². The van der Waals surface area contributed by atoms with Crippen LogP contribution in [-0.2, 0) is 0 Å². The number of aromatic amines is 1. The first-order valence-electron chi connectivity index (χ1n) is 10.9. The average molecular weight is 454 g/mol. The van der Waals surface area contributed by atoms with Crippen molar-refractivity contribution >= 4 is 11.0 Å².